The minimum Gasteiger partial charge on any atom is -0.392 e. The van der Waals surface area contributed by atoms with E-state index in [1.807, 2.05) is 0 Å². The zero-order chi connectivity index (χ0) is 15.8. The van der Waals surface area contributed by atoms with E-state index < -0.39 is 24.0 Å². The molecule has 0 unspecified atom stereocenters. The third-order valence-corrected chi connectivity index (χ3v) is 4.21. The lowest BCUT2D eigenvalue weighted by Crippen LogP contribution is -2.52. The van der Waals surface area contributed by atoms with E-state index in [-0.39, 0.29) is 17.7 Å². The van der Waals surface area contributed by atoms with Crippen molar-refractivity contribution in [1.29, 1.82) is 0 Å². The monoisotopic (exact) mass is 314 g/mol. The summed E-state index contributed by atoms with van der Waals surface area (Å²) < 4.78 is 0. The number of carbonyl (C=O) groups is 2. The van der Waals surface area contributed by atoms with Gasteiger partial charge < -0.3 is 15.7 Å². The van der Waals surface area contributed by atoms with E-state index in [9.17, 15) is 14.7 Å². The Kier molecular flexibility index (Phi) is 7.82. The van der Waals surface area contributed by atoms with Crippen molar-refractivity contribution in [2.45, 2.75) is 57.2 Å². The van der Waals surface area contributed by atoms with Gasteiger partial charge in [0.05, 0.1) is 12.0 Å². The molecule has 0 bridgehead atoms. The highest BCUT2D eigenvalue weighted by atomic mass is 32.1. The van der Waals surface area contributed by atoms with Crippen LogP contribution < -0.4 is 10.6 Å². The standard InChI is InChI=1S/C15H26N2O3S/c1-3-12(10(2)18)14(19)17-13(9-21)15(20)16-11-7-5-4-6-8-11/h3,10-13,18,21H,1,4-9H2,2H3,(H,16,20)(H,17,19)/t10-,12+,13+/m1/s1. The highest BCUT2D eigenvalue weighted by Gasteiger charge is 2.27. The van der Waals surface area contributed by atoms with Gasteiger partial charge in [0.2, 0.25) is 11.8 Å². The SMILES string of the molecule is C=C[C@H](C(=O)N[C@@H](CS)C(=O)NC1CCCCC1)[C@@H](C)O. The van der Waals surface area contributed by atoms with E-state index in [0.717, 1.165) is 25.7 Å². The summed E-state index contributed by atoms with van der Waals surface area (Å²) >= 11 is 4.13. The van der Waals surface area contributed by atoms with Crippen LogP contribution in [0.4, 0.5) is 0 Å². The van der Waals surface area contributed by atoms with Crippen molar-refractivity contribution < 1.29 is 14.7 Å². The smallest absolute Gasteiger partial charge is 0.243 e. The van der Waals surface area contributed by atoms with Crippen LogP contribution in [0.25, 0.3) is 0 Å². The van der Waals surface area contributed by atoms with Crippen LogP contribution in [-0.4, -0.2) is 40.9 Å². The molecule has 1 aliphatic rings. The van der Waals surface area contributed by atoms with Crippen LogP contribution in [-0.2, 0) is 9.59 Å². The molecule has 0 heterocycles. The van der Waals surface area contributed by atoms with Crippen LogP contribution in [0.15, 0.2) is 12.7 Å². The maximum Gasteiger partial charge on any atom is 0.243 e. The predicted octanol–water partition coefficient (Wildman–Crippen LogP) is 1.03. The lowest BCUT2D eigenvalue weighted by Gasteiger charge is -2.26. The van der Waals surface area contributed by atoms with E-state index in [1.165, 1.54) is 19.4 Å². The molecule has 1 aliphatic carbocycles. The van der Waals surface area contributed by atoms with Gasteiger partial charge in [-0.2, -0.15) is 12.6 Å². The van der Waals surface area contributed by atoms with Gasteiger partial charge >= 0.3 is 0 Å². The van der Waals surface area contributed by atoms with E-state index >= 15 is 0 Å². The van der Waals surface area contributed by atoms with Gasteiger partial charge in [0.25, 0.3) is 0 Å². The molecule has 0 saturated heterocycles. The van der Waals surface area contributed by atoms with Gasteiger partial charge in [0, 0.05) is 11.8 Å². The molecule has 21 heavy (non-hydrogen) atoms. The Morgan fingerprint density at radius 1 is 1.33 bits per heavy atom. The number of thiol groups is 1. The third-order valence-electron chi connectivity index (χ3n) is 3.84. The second-order valence-electron chi connectivity index (χ2n) is 5.59. The molecule has 1 rings (SSSR count). The van der Waals surface area contributed by atoms with Crippen LogP contribution in [0.5, 0.6) is 0 Å². The number of nitrogens with one attached hydrogen (secondary N) is 2. The maximum absolute atomic E-state index is 12.2. The fourth-order valence-corrected chi connectivity index (χ4v) is 2.79. The summed E-state index contributed by atoms with van der Waals surface area (Å²) in [5.41, 5.74) is 0. The Morgan fingerprint density at radius 2 is 1.95 bits per heavy atom. The summed E-state index contributed by atoms with van der Waals surface area (Å²) in [7, 11) is 0. The van der Waals surface area contributed by atoms with Gasteiger partial charge in [0.1, 0.15) is 6.04 Å². The first-order valence-electron chi connectivity index (χ1n) is 7.51. The van der Waals surface area contributed by atoms with Crippen molar-refractivity contribution in [1.82, 2.24) is 10.6 Å². The molecule has 3 atom stereocenters. The summed E-state index contributed by atoms with van der Waals surface area (Å²) in [5.74, 6) is -1.13. The molecule has 1 fully saturated rings. The van der Waals surface area contributed by atoms with Gasteiger partial charge in [-0.1, -0.05) is 25.3 Å². The Labute approximate surface area is 132 Å². The molecule has 6 heteroatoms. The van der Waals surface area contributed by atoms with Gasteiger partial charge in [-0.3, -0.25) is 9.59 Å². The number of carbonyl (C=O) groups excluding carboxylic acids is 2. The van der Waals surface area contributed by atoms with Crippen LogP contribution in [0.3, 0.4) is 0 Å². The molecule has 0 aromatic heterocycles. The molecule has 5 nitrogen and oxygen atoms in total. The topological polar surface area (TPSA) is 78.4 Å². The van der Waals surface area contributed by atoms with Crippen LogP contribution in [0.1, 0.15) is 39.0 Å². The normalized spacial score (nSPS) is 20.1. The van der Waals surface area contributed by atoms with Gasteiger partial charge in [0.15, 0.2) is 0 Å². The first-order valence-corrected chi connectivity index (χ1v) is 8.15. The molecule has 2 amide bonds. The van der Waals surface area contributed by atoms with Gasteiger partial charge in [-0.25, -0.2) is 0 Å². The first kappa shape index (κ1) is 18.0. The molecule has 120 valence electrons. The molecular formula is C15H26N2O3S. The number of hydrogen-bond donors (Lipinski definition) is 4. The second-order valence-corrected chi connectivity index (χ2v) is 5.95. The average molecular weight is 314 g/mol. The summed E-state index contributed by atoms with van der Waals surface area (Å²) in [4.78, 5) is 24.2. The quantitative estimate of drug-likeness (QED) is 0.419. The van der Waals surface area contributed by atoms with Crippen molar-refractivity contribution >= 4 is 24.4 Å². The first-order chi connectivity index (χ1) is 9.99. The molecule has 0 aliphatic heterocycles. The number of aliphatic hydroxyl groups is 1. The van der Waals surface area contributed by atoms with Gasteiger partial charge in [-0.05, 0) is 19.8 Å². The average Bonchev–Trinajstić information content (AvgIpc) is 2.46. The van der Waals surface area contributed by atoms with Gasteiger partial charge in [-0.15, -0.1) is 6.58 Å². The van der Waals surface area contributed by atoms with Crippen LogP contribution >= 0.6 is 12.6 Å². The Bertz CT molecular complexity index is 368. The summed E-state index contributed by atoms with van der Waals surface area (Å²) in [6.45, 7) is 5.05. The van der Waals surface area contributed by atoms with Crippen LogP contribution in [0.2, 0.25) is 0 Å². The number of amides is 2. The molecule has 0 aromatic carbocycles. The number of rotatable bonds is 7. The van der Waals surface area contributed by atoms with Crippen molar-refractivity contribution in [3.8, 4) is 0 Å². The van der Waals surface area contributed by atoms with E-state index in [0.29, 0.717) is 0 Å². The number of aliphatic hydroxyl groups excluding tert-OH is 1. The van der Waals surface area contributed by atoms with Crippen molar-refractivity contribution in [2.75, 3.05) is 5.75 Å². The minimum absolute atomic E-state index is 0.192. The zero-order valence-corrected chi connectivity index (χ0v) is 13.4. The lowest BCUT2D eigenvalue weighted by atomic mass is 9.95. The second kappa shape index (κ2) is 9.10. The van der Waals surface area contributed by atoms with Crippen molar-refractivity contribution in [2.24, 2.45) is 5.92 Å². The minimum atomic E-state index is -0.843. The summed E-state index contributed by atoms with van der Waals surface area (Å²) in [5, 5.41) is 15.1. The third kappa shape index (κ3) is 5.71. The maximum atomic E-state index is 12.2. The van der Waals surface area contributed by atoms with Crippen LogP contribution in [0, 0.1) is 5.92 Å². The predicted molar refractivity (Wildman–Crippen MR) is 86.2 cm³/mol. The summed E-state index contributed by atoms with van der Waals surface area (Å²) in [6, 6.07) is -0.499. The molecule has 0 spiro atoms. The van der Waals surface area contributed by atoms with Crippen molar-refractivity contribution in [3.63, 3.8) is 0 Å². The molecule has 0 aromatic rings. The van der Waals surface area contributed by atoms with Crippen molar-refractivity contribution in [3.05, 3.63) is 12.7 Å². The number of hydrogen-bond acceptors (Lipinski definition) is 4. The largest absolute Gasteiger partial charge is 0.392 e. The Morgan fingerprint density at radius 3 is 2.43 bits per heavy atom. The molecule has 1 saturated carbocycles. The van der Waals surface area contributed by atoms with E-state index in [2.05, 4.69) is 29.8 Å². The van der Waals surface area contributed by atoms with E-state index in [4.69, 9.17) is 0 Å². The highest BCUT2D eigenvalue weighted by Crippen LogP contribution is 2.17. The Balaban J connectivity index is 2.54. The zero-order valence-electron chi connectivity index (χ0n) is 12.5. The molecular weight excluding hydrogens is 288 g/mol. The fourth-order valence-electron chi connectivity index (χ4n) is 2.53. The molecule has 0 radical (unpaired) electrons. The van der Waals surface area contributed by atoms with E-state index in [1.54, 1.807) is 0 Å². The highest BCUT2D eigenvalue weighted by molar-refractivity contribution is 7.80. The summed E-state index contributed by atoms with van der Waals surface area (Å²) in [6.07, 6.45) is 5.99. The molecule has 3 N–H and O–H groups in total. The lowest BCUT2D eigenvalue weighted by molar-refractivity contribution is -0.131. The Hall–Kier alpha value is -1.01. The fraction of sp³-hybridized carbons (Fsp3) is 0.733.